The molecule has 2 aromatic rings. The van der Waals surface area contributed by atoms with Crippen LogP contribution in [0.25, 0.3) is 0 Å². The molecule has 2 aromatic carbocycles. The highest BCUT2D eigenvalue weighted by atomic mass is 16.5. The first-order valence-electron chi connectivity index (χ1n) is 10.7. The standard InChI is InChI=1S/C25H32N2O4/c1-5-18(4)23(19-11-7-6-8-12-19)25(30)31-16-22(28)27-21-14-10-9-13-20(21)24(29)26-15-17(2)3/h6-14,17-18,23H,5,15-16H2,1-4H3,(H,26,29)(H,27,28)/t18-,23-/m1/s1. The van der Waals surface area contributed by atoms with E-state index >= 15 is 0 Å². The molecule has 0 aliphatic heterocycles. The fraction of sp³-hybridized carbons (Fsp3) is 0.400. The van der Waals surface area contributed by atoms with Crippen molar-refractivity contribution in [3.63, 3.8) is 0 Å². The SMILES string of the molecule is CC[C@@H](C)[C@@H](C(=O)OCC(=O)Nc1ccccc1C(=O)NCC(C)C)c1ccccc1. The van der Waals surface area contributed by atoms with E-state index in [4.69, 9.17) is 4.74 Å². The quantitative estimate of drug-likeness (QED) is 0.554. The molecular weight excluding hydrogens is 392 g/mol. The fourth-order valence-corrected chi connectivity index (χ4v) is 3.19. The lowest BCUT2D eigenvalue weighted by molar-refractivity contribution is -0.150. The van der Waals surface area contributed by atoms with Gasteiger partial charge in [0.25, 0.3) is 11.8 Å². The van der Waals surface area contributed by atoms with Gasteiger partial charge in [0.15, 0.2) is 6.61 Å². The van der Waals surface area contributed by atoms with E-state index in [0.717, 1.165) is 12.0 Å². The minimum atomic E-state index is -0.492. The van der Waals surface area contributed by atoms with Crippen molar-refractivity contribution in [2.24, 2.45) is 11.8 Å². The third kappa shape index (κ3) is 7.24. The van der Waals surface area contributed by atoms with Crippen molar-refractivity contribution < 1.29 is 19.1 Å². The van der Waals surface area contributed by atoms with Gasteiger partial charge in [-0.2, -0.15) is 0 Å². The van der Waals surface area contributed by atoms with Gasteiger partial charge in [0.2, 0.25) is 0 Å². The average molecular weight is 425 g/mol. The fourth-order valence-electron chi connectivity index (χ4n) is 3.19. The molecule has 6 heteroatoms. The van der Waals surface area contributed by atoms with Crippen LogP contribution in [0.4, 0.5) is 5.69 Å². The van der Waals surface area contributed by atoms with Crippen LogP contribution in [0.1, 0.15) is 56.0 Å². The van der Waals surface area contributed by atoms with E-state index in [1.807, 2.05) is 58.0 Å². The number of carbonyl (C=O) groups is 3. The van der Waals surface area contributed by atoms with Gasteiger partial charge >= 0.3 is 5.97 Å². The van der Waals surface area contributed by atoms with Gasteiger partial charge in [-0.05, 0) is 29.5 Å². The van der Waals surface area contributed by atoms with Crippen LogP contribution >= 0.6 is 0 Å². The van der Waals surface area contributed by atoms with Crippen molar-refractivity contribution in [3.8, 4) is 0 Å². The normalized spacial score (nSPS) is 12.7. The van der Waals surface area contributed by atoms with Gasteiger partial charge in [0.1, 0.15) is 0 Å². The Kier molecular flexibility index (Phi) is 9.25. The monoisotopic (exact) mass is 424 g/mol. The summed E-state index contributed by atoms with van der Waals surface area (Å²) in [6.45, 7) is 8.14. The average Bonchev–Trinajstić information content (AvgIpc) is 2.77. The van der Waals surface area contributed by atoms with Gasteiger partial charge in [-0.25, -0.2) is 0 Å². The number of esters is 1. The molecule has 0 saturated carbocycles. The summed E-state index contributed by atoms with van der Waals surface area (Å²) in [5.74, 6) is -1.24. The summed E-state index contributed by atoms with van der Waals surface area (Å²) in [4.78, 5) is 37.6. The number of amides is 2. The number of carbonyl (C=O) groups excluding carboxylic acids is 3. The van der Waals surface area contributed by atoms with Crippen molar-refractivity contribution >= 4 is 23.5 Å². The second-order valence-corrected chi connectivity index (χ2v) is 8.08. The zero-order valence-corrected chi connectivity index (χ0v) is 18.7. The Morgan fingerprint density at radius 3 is 2.23 bits per heavy atom. The lowest BCUT2D eigenvalue weighted by Gasteiger charge is -2.22. The van der Waals surface area contributed by atoms with Crippen molar-refractivity contribution in [2.45, 2.75) is 40.0 Å². The highest BCUT2D eigenvalue weighted by molar-refractivity contribution is 6.04. The number of nitrogens with one attached hydrogen (secondary N) is 2. The first-order valence-corrected chi connectivity index (χ1v) is 10.7. The van der Waals surface area contributed by atoms with Gasteiger partial charge in [-0.15, -0.1) is 0 Å². The molecule has 6 nitrogen and oxygen atoms in total. The highest BCUT2D eigenvalue weighted by Gasteiger charge is 2.28. The molecule has 0 fully saturated rings. The van der Waals surface area contributed by atoms with E-state index in [0.29, 0.717) is 23.7 Å². The van der Waals surface area contributed by atoms with Crippen LogP contribution in [0.3, 0.4) is 0 Å². The van der Waals surface area contributed by atoms with Crippen LogP contribution < -0.4 is 10.6 Å². The van der Waals surface area contributed by atoms with Crippen LogP contribution in [0.5, 0.6) is 0 Å². The molecule has 0 aliphatic carbocycles. The zero-order chi connectivity index (χ0) is 22.8. The molecular formula is C25H32N2O4. The predicted molar refractivity (Wildman–Crippen MR) is 122 cm³/mol. The number of hydrogen-bond donors (Lipinski definition) is 2. The molecule has 0 heterocycles. The van der Waals surface area contributed by atoms with Gasteiger partial charge < -0.3 is 15.4 Å². The van der Waals surface area contributed by atoms with Crippen molar-refractivity contribution in [3.05, 3.63) is 65.7 Å². The van der Waals surface area contributed by atoms with E-state index in [-0.39, 0.29) is 11.8 Å². The summed E-state index contributed by atoms with van der Waals surface area (Å²) in [5, 5.41) is 5.52. The Morgan fingerprint density at radius 2 is 1.58 bits per heavy atom. The zero-order valence-electron chi connectivity index (χ0n) is 18.7. The van der Waals surface area contributed by atoms with Gasteiger partial charge in [0.05, 0.1) is 17.2 Å². The molecule has 2 N–H and O–H groups in total. The van der Waals surface area contributed by atoms with Crippen LogP contribution in [-0.2, 0) is 14.3 Å². The smallest absolute Gasteiger partial charge is 0.314 e. The Morgan fingerprint density at radius 1 is 0.935 bits per heavy atom. The molecule has 0 radical (unpaired) electrons. The first kappa shape index (κ1) is 24.1. The summed E-state index contributed by atoms with van der Waals surface area (Å²) in [6, 6.07) is 16.2. The number of ether oxygens (including phenoxy) is 1. The van der Waals surface area contributed by atoms with Crippen LogP contribution in [0.15, 0.2) is 54.6 Å². The second-order valence-electron chi connectivity index (χ2n) is 8.08. The molecule has 0 aromatic heterocycles. The number of anilines is 1. The molecule has 31 heavy (non-hydrogen) atoms. The van der Waals surface area contributed by atoms with Crippen molar-refractivity contribution in [2.75, 3.05) is 18.5 Å². The van der Waals surface area contributed by atoms with E-state index in [9.17, 15) is 14.4 Å². The molecule has 0 spiro atoms. The molecule has 2 atom stereocenters. The summed E-state index contributed by atoms with van der Waals surface area (Å²) in [5.41, 5.74) is 1.62. The van der Waals surface area contributed by atoms with E-state index in [1.54, 1.807) is 24.3 Å². The van der Waals surface area contributed by atoms with Gasteiger partial charge in [0, 0.05) is 6.54 Å². The Bertz CT molecular complexity index is 880. The van der Waals surface area contributed by atoms with Crippen molar-refractivity contribution in [1.82, 2.24) is 5.32 Å². The van der Waals surface area contributed by atoms with Crippen LogP contribution in [-0.4, -0.2) is 30.9 Å². The van der Waals surface area contributed by atoms with Crippen molar-refractivity contribution in [1.29, 1.82) is 0 Å². The third-order valence-electron chi connectivity index (χ3n) is 5.09. The maximum absolute atomic E-state index is 12.8. The lowest BCUT2D eigenvalue weighted by atomic mass is 9.86. The molecule has 2 amide bonds. The largest absolute Gasteiger partial charge is 0.455 e. The van der Waals surface area contributed by atoms with Crippen LogP contribution in [0.2, 0.25) is 0 Å². The number of rotatable bonds is 10. The molecule has 166 valence electrons. The molecule has 0 bridgehead atoms. The summed E-state index contributed by atoms with van der Waals surface area (Å²) >= 11 is 0. The second kappa shape index (κ2) is 11.9. The van der Waals surface area contributed by atoms with Gasteiger partial charge in [-0.3, -0.25) is 14.4 Å². The predicted octanol–water partition coefficient (Wildman–Crippen LogP) is 4.38. The maximum atomic E-state index is 12.8. The number of para-hydroxylation sites is 1. The van der Waals surface area contributed by atoms with Crippen LogP contribution in [0, 0.1) is 11.8 Å². The Hall–Kier alpha value is -3.15. The highest BCUT2D eigenvalue weighted by Crippen LogP contribution is 2.28. The minimum Gasteiger partial charge on any atom is -0.455 e. The molecule has 0 saturated heterocycles. The maximum Gasteiger partial charge on any atom is 0.314 e. The first-order chi connectivity index (χ1) is 14.8. The third-order valence-corrected chi connectivity index (χ3v) is 5.09. The summed E-state index contributed by atoms with van der Waals surface area (Å²) in [6.07, 6.45) is 0.805. The van der Waals surface area contributed by atoms with E-state index in [1.165, 1.54) is 0 Å². The summed E-state index contributed by atoms with van der Waals surface area (Å²) in [7, 11) is 0. The van der Waals surface area contributed by atoms with Gasteiger partial charge in [-0.1, -0.05) is 76.6 Å². The minimum absolute atomic E-state index is 0.0725. The summed E-state index contributed by atoms with van der Waals surface area (Å²) < 4.78 is 5.34. The molecule has 2 rings (SSSR count). The number of benzene rings is 2. The molecule has 0 aliphatic rings. The Balaban J connectivity index is 2.01. The lowest BCUT2D eigenvalue weighted by Crippen LogP contribution is -2.30. The van der Waals surface area contributed by atoms with E-state index < -0.39 is 24.4 Å². The topological polar surface area (TPSA) is 84.5 Å². The number of hydrogen-bond acceptors (Lipinski definition) is 4. The van der Waals surface area contributed by atoms with E-state index in [2.05, 4.69) is 10.6 Å². The molecule has 0 unspecified atom stereocenters. The Labute approximate surface area is 184 Å².